The lowest BCUT2D eigenvalue weighted by Crippen LogP contribution is -2.43. The fourth-order valence-corrected chi connectivity index (χ4v) is 1.71. The molecule has 1 heterocycles. The molecule has 1 amide bonds. The Bertz CT molecular complexity index is 191. The van der Waals surface area contributed by atoms with Crippen molar-refractivity contribution >= 4 is 5.91 Å². The normalized spacial score (nSPS) is 22.7. The minimum Gasteiger partial charge on any atom is -0.376 e. The first-order valence-electron chi connectivity index (χ1n) is 5.89. The number of ether oxygens (including phenoxy) is 1. The minimum absolute atomic E-state index is 0.0426. The second-order valence-corrected chi connectivity index (χ2v) is 4.13. The van der Waals surface area contributed by atoms with E-state index in [9.17, 15) is 4.79 Å². The quantitative estimate of drug-likeness (QED) is 0.687. The molecule has 2 atom stereocenters. The smallest absolute Gasteiger partial charge is 0.237 e. The van der Waals surface area contributed by atoms with Crippen molar-refractivity contribution in [3.63, 3.8) is 0 Å². The van der Waals surface area contributed by atoms with Crippen molar-refractivity contribution in [3.05, 3.63) is 0 Å². The van der Waals surface area contributed by atoms with Crippen LogP contribution >= 0.6 is 0 Å². The summed E-state index contributed by atoms with van der Waals surface area (Å²) < 4.78 is 5.41. The molecule has 0 bridgehead atoms. The molecule has 0 aromatic carbocycles. The van der Waals surface area contributed by atoms with Crippen LogP contribution in [-0.4, -0.2) is 31.2 Å². The molecule has 1 saturated heterocycles. The van der Waals surface area contributed by atoms with Crippen LogP contribution in [0.3, 0.4) is 0 Å². The molecule has 0 aromatic heterocycles. The summed E-state index contributed by atoms with van der Waals surface area (Å²) in [5.74, 6) is -0.0426. The van der Waals surface area contributed by atoms with E-state index < -0.39 is 0 Å². The summed E-state index contributed by atoms with van der Waals surface area (Å²) in [6, 6.07) is -0.355. The molecule has 1 fully saturated rings. The predicted octanol–water partition coefficient (Wildman–Crippen LogP) is 0.799. The van der Waals surface area contributed by atoms with Crippen molar-refractivity contribution < 1.29 is 9.53 Å². The number of nitrogens with one attached hydrogen (secondary N) is 1. The molecule has 2 unspecified atom stereocenters. The predicted molar refractivity (Wildman–Crippen MR) is 59.5 cm³/mol. The van der Waals surface area contributed by atoms with E-state index >= 15 is 0 Å². The fourth-order valence-electron chi connectivity index (χ4n) is 1.71. The van der Waals surface area contributed by atoms with Gasteiger partial charge in [0.15, 0.2) is 0 Å². The van der Waals surface area contributed by atoms with Gasteiger partial charge in [0.05, 0.1) is 12.1 Å². The number of carbonyl (C=O) groups excluding carboxylic acids is 1. The van der Waals surface area contributed by atoms with E-state index in [1.165, 1.54) is 0 Å². The van der Waals surface area contributed by atoms with Crippen LogP contribution in [0.2, 0.25) is 0 Å². The standard InChI is InChI=1S/C11H22N2O2/c1-2-3-6-10(12)11(14)13-8-9-5-4-7-15-9/h9-10H,2-8,12H2,1H3,(H,13,14). The monoisotopic (exact) mass is 214 g/mol. The number of hydrogen-bond donors (Lipinski definition) is 2. The Kier molecular flexibility index (Phi) is 5.65. The Labute approximate surface area is 91.5 Å². The van der Waals surface area contributed by atoms with Gasteiger partial charge in [-0.2, -0.15) is 0 Å². The molecule has 4 nitrogen and oxygen atoms in total. The number of hydrogen-bond acceptors (Lipinski definition) is 3. The maximum atomic E-state index is 11.5. The van der Waals surface area contributed by atoms with E-state index in [-0.39, 0.29) is 18.1 Å². The van der Waals surface area contributed by atoms with Crippen LogP contribution in [0.25, 0.3) is 0 Å². The van der Waals surface area contributed by atoms with Gasteiger partial charge in [0.25, 0.3) is 0 Å². The van der Waals surface area contributed by atoms with Crippen molar-refractivity contribution in [2.45, 2.75) is 51.2 Å². The lowest BCUT2D eigenvalue weighted by molar-refractivity contribution is -0.123. The van der Waals surface area contributed by atoms with Crippen molar-refractivity contribution in [1.82, 2.24) is 5.32 Å². The van der Waals surface area contributed by atoms with Crippen LogP contribution in [-0.2, 0) is 9.53 Å². The molecule has 1 rings (SSSR count). The summed E-state index contributed by atoms with van der Waals surface area (Å²) in [5.41, 5.74) is 5.74. The Morgan fingerprint density at radius 1 is 1.67 bits per heavy atom. The molecule has 15 heavy (non-hydrogen) atoms. The molecule has 1 aliphatic rings. The number of amides is 1. The van der Waals surface area contributed by atoms with Crippen LogP contribution in [0.1, 0.15) is 39.0 Å². The van der Waals surface area contributed by atoms with Crippen molar-refractivity contribution in [1.29, 1.82) is 0 Å². The largest absolute Gasteiger partial charge is 0.376 e. The van der Waals surface area contributed by atoms with Gasteiger partial charge < -0.3 is 15.8 Å². The number of rotatable bonds is 6. The Hall–Kier alpha value is -0.610. The molecule has 0 radical (unpaired) electrons. The number of nitrogens with two attached hydrogens (primary N) is 1. The Morgan fingerprint density at radius 3 is 3.07 bits per heavy atom. The van der Waals surface area contributed by atoms with Gasteiger partial charge in [0.2, 0.25) is 5.91 Å². The van der Waals surface area contributed by atoms with E-state index in [0.717, 1.165) is 38.7 Å². The van der Waals surface area contributed by atoms with Gasteiger partial charge in [0.1, 0.15) is 0 Å². The molecule has 0 spiro atoms. The highest BCUT2D eigenvalue weighted by Crippen LogP contribution is 2.10. The highest BCUT2D eigenvalue weighted by molar-refractivity contribution is 5.81. The molecule has 1 aliphatic heterocycles. The summed E-state index contributed by atoms with van der Waals surface area (Å²) >= 11 is 0. The molecular weight excluding hydrogens is 192 g/mol. The maximum Gasteiger partial charge on any atom is 0.237 e. The average molecular weight is 214 g/mol. The molecule has 0 saturated carbocycles. The van der Waals surface area contributed by atoms with E-state index in [1.807, 2.05) is 0 Å². The van der Waals surface area contributed by atoms with Crippen LogP contribution in [0.15, 0.2) is 0 Å². The zero-order valence-electron chi connectivity index (χ0n) is 9.50. The summed E-state index contributed by atoms with van der Waals surface area (Å²) in [4.78, 5) is 11.5. The highest BCUT2D eigenvalue weighted by atomic mass is 16.5. The SMILES string of the molecule is CCCCC(N)C(=O)NCC1CCCO1. The van der Waals surface area contributed by atoms with Crippen molar-refractivity contribution in [2.75, 3.05) is 13.2 Å². The zero-order chi connectivity index (χ0) is 11.1. The van der Waals surface area contributed by atoms with Gasteiger partial charge in [-0.1, -0.05) is 19.8 Å². The number of unbranched alkanes of at least 4 members (excludes halogenated alkanes) is 1. The maximum absolute atomic E-state index is 11.5. The molecule has 0 aromatic rings. The number of carbonyl (C=O) groups is 1. The second-order valence-electron chi connectivity index (χ2n) is 4.13. The average Bonchev–Trinajstić information content (AvgIpc) is 2.75. The highest BCUT2D eigenvalue weighted by Gasteiger charge is 2.18. The van der Waals surface area contributed by atoms with Gasteiger partial charge in [-0.3, -0.25) is 4.79 Å². The fraction of sp³-hybridized carbons (Fsp3) is 0.909. The third-order valence-corrected chi connectivity index (χ3v) is 2.73. The van der Waals surface area contributed by atoms with Gasteiger partial charge in [-0.25, -0.2) is 0 Å². The first kappa shape index (κ1) is 12.5. The van der Waals surface area contributed by atoms with Gasteiger partial charge in [-0.15, -0.1) is 0 Å². The first-order valence-corrected chi connectivity index (χ1v) is 5.89. The molecular formula is C11H22N2O2. The first-order chi connectivity index (χ1) is 7.24. The second kappa shape index (κ2) is 6.80. The summed E-state index contributed by atoms with van der Waals surface area (Å²) in [6.45, 7) is 3.53. The van der Waals surface area contributed by atoms with Gasteiger partial charge >= 0.3 is 0 Å². The lowest BCUT2D eigenvalue weighted by Gasteiger charge is -2.14. The van der Waals surface area contributed by atoms with Gasteiger partial charge in [0, 0.05) is 13.2 Å². The van der Waals surface area contributed by atoms with Crippen LogP contribution in [0.4, 0.5) is 0 Å². The van der Waals surface area contributed by atoms with E-state index in [1.54, 1.807) is 0 Å². The van der Waals surface area contributed by atoms with E-state index in [4.69, 9.17) is 10.5 Å². The van der Waals surface area contributed by atoms with Crippen LogP contribution in [0.5, 0.6) is 0 Å². The molecule has 3 N–H and O–H groups in total. The third-order valence-electron chi connectivity index (χ3n) is 2.73. The molecule has 88 valence electrons. The Balaban J connectivity index is 2.11. The third kappa shape index (κ3) is 4.62. The van der Waals surface area contributed by atoms with Crippen molar-refractivity contribution in [2.24, 2.45) is 5.73 Å². The van der Waals surface area contributed by atoms with Gasteiger partial charge in [-0.05, 0) is 19.3 Å². The molecule has 4 heteroatoms. The summed E-state index contributed by atoms with van der Waals surface area (Å²) in [6.07, 6.45) is 5.20. The molecule has 0 aliphatic carbocycles. The summed E-state index contributed by atoms with van der Waals surface area (Å²) in [5, 5.41) is 2.84. The Morgan fingerprint density at radius 2 is 2.47 bits per heavy atom. The lowest BCUT2D eigenvalue weighted by atomic mass is 10.1. The topological polar surface area (TPSA) is 64.4 Å². The van der Waals surface area contributed by atoms with Crippen LogP contribution in [0, 0.1) is 0 Å². The minimum atomic E-state index is -0.355. The van der Waals surface area contributed by atoms with Crippen LogP contribution < -0.4 is 11.1 Å². The van der Waals surface area contributed by atoms with E-state index in [2.05, 4.69) is 12.2 Å². The zero-order valence-corrected chi connectivity index (χ0v) is 9.50. The van der Waals surface area contributed by atoms with Crippen molar-refractivity contribution in [3.8, 4) is 0 Å². The van der Waals surface area contributed by atoms with E-state index in [0.29, 0.717) is 6.54 Å². The summed E-state index contributed by atoms with van der Waals surface area (Å²) in [7, 11) is 0.